The van der Waals surface area contributed by atoms with Crippen molar-refractivity contribution in [3.8, 4) is 11.3 Å². The molecule has 1 aliphatic carbocycles. The molecule has 2 aromatic rings. The van der Waals surface area contributed by atoms with Crippen LogP contribution in [0.3, 0.4) is 0 Å². The fraction of sp³-hybridized carbons (Fsp3) is 0.471. The molecule has 2 fully saturated rings. The lowest BCUT2D eigenvalue weighted by Gasteiger charge is -2.16. The van der Waals surface area contributed by atoms with Crippen LogP contribution in [0.1, 0.15) is 31.7 Å². The van der Waals surface area contributed by atoms with Crippen molar-refractivity contribution in [2.75, 3.05) is 13.1 Å². The summed E-state index contributed by atoms with van der Waals surface area (Å²) in [6, 6.07) is 10.3. The zero-order chi connectivity index (χ0) is 14.9. The molecule has 1 atom stereocenters. The Bertz CT molecular complexity index is 662. The van der Waals surface area contributed by atoms with Gasteiger partial charge in [0.2, 0.25) is 5.91 Å². The number of benzene rings is 1. The molecule has 2 heterocycles. The number of carbonyl (C=O) groups is 1. The third kappa shape index (κ3) is 2.75. The Labute approximate surface area is 129 Å². The van der Waals surface area contributed by atoms with Crippen LogP contribution in [0.4, 0.5) is 0 Å². The van der Waals surface area contributed by atoms with E-state index in [1.165, 1.54) is 12.8 Å². The van der Waals surface area contributed by atoms with Crippen LogP contribution in [0.2, 0.25) is 0 Å². The summed E-state index contributed by atoms with van der Waals surface area (Å²) in [5.74, 6) is 0.969. The normalized spacial score (nSPS) is 21.3. The predicted octanol–water partition coefficient (Wildman–Crippen LogP) is 2.52. The molecular weight excluding hydrogens is 276 g/mol. The number of hydrogen-bond donors (Lipinski definition) is 0. The second-order valence-corrected chi connectivity index (χ2v) is 6.38. The van der Waals surface area contributed by atoms with Gasteiger partial charge in [0, 0.05) is 25.1 Å². The molecule has 1 aliphatic heterocycles. The second-order valence-electron chi connectivity index (χ2n) is 6.38. The largest absolute Gasteiger partial charge is 0.340 e. The standard InChI is InChI=1S/C17H20N4O/c22-17(10-13-6-7-13)20-9-8-15(11-20)21-12-16(18-19-21)14-4-2-1-3-5-14/h1-5,12-13,15H,6-11H2. The lowest BCUT2D eigenvalue weighted by molar-refractivity contribution is -0.130. The Morgan fingerprint density at radius 1 is 1.18 bits per heavy atom. The van der Waals surface area contributed by atoms with E-state index in [2.05, 4.69) is 10.3 Å². The summed E-state index contributed by atoms with van der Waals surface area (Å²) in [4.78, 5) is 14.2. The predicted molar refractivity (Wildman–Crippen MR) is 83.0 cm³/mol. The molecule has 22 heavy (non-hydrogen) atoms. The highest BCUT2D eigenvalue weighted by atomic mass is 16.2. The number of amides is 1. The van der Waals surface area contributed by atoms with Crippen LogP contribution in [0, 0.1) is 5.92 Å². The number of rotatable bonds is 4. The van der Waals surface area contributed by atoms with Crippen LogP contribution in [0.5, 0.6) is 0 Å². The van der Waals surface area contributed by atoms with Gasteiger partial charge in [-0.15, -0.1) is 5.10 Å². The lowest BCUT2D eigenvalue weighted by atomic mass is 10.2. The first-order valence-corrected chi connectivity index (χ1v) is 8.04. The summed E-state index contributed by atoms with van der Waals surface area (Å²) in [6.45, 7) is 1.61. The molecule has 1 aromatic carbocycles. The summed E-state index contributed by atoms with van der Waals surface area (Å²) in [7, 11) is 0. The van der Waals surface area contributed by atoms with Gasteiger partial charge in [0.1, 0.15) is 5.69 Å². The quantitative estimate of drug-likeness (QED) is 0.871. The average Bonchev–Trinajstić information content (AvgIpc) is 3.07. The molecule has 5 nitrogen and oxygen atoms in total. The Hall–Kier alpha value is -2.17. The summed E-state index contributed by atoms with van der Waals surface area (Å²) in [5.41, 5.74) is 1.97. The third-order valence-electron chi connectivity index (χ3n) is 4.63. The van der Waals surface area contributed by atoms with Crippen molar-refractivity contribution in [1.82, 2.24) is 19.9 Å². The second kappa shape index (κ2) is 5.55. The molecule has 4 rings (SSSR count). The van der Waals surface area contributed by atoms with Crippen molar-refractivity contribution in [2.24, 2.45) is 5.92 Å². The summed E-state index contributed by atoms with van der Waals surface area (Å²) in [6.07, 6.45) is 6.15. The van der Waals surface area contributed by atoms with Crippen LogP contribution >= 0.6 is 0 Å². The number of aromatic nitrogens is 3. The van der Waals surface area contributed by atoms with Crippen molar-refractivity contribution in [2.45, 2.75) is 31.7 Å². The fourth-order valence-electron chi connectivity index (χ4n) is 3.08. The van der Waals surface area contributed by atoms with Crippen molar-refractivity contribution < 1.29 is 4.79 Å². The van der Waals surface area contributed by atoms with E-state index in [9.17, 15) is 4.79 Å². The Morgan fingerprint density at radius 2 is 2.00 bits per heavy atom. The van der Waals surface area contributed by atoms with Crippen LogP contribution in [0.25, 0.3) is 11.3 Å². The van der Waals surface area contributed by atoms with E-state index in [0.717, 1.165) is 37.2 Å². The first kappa shape index (κ1) is 13.5. The maximum absolute atomic E-state index is 12.2. The van der Waals surface area contributed by atoms with Crippen molar-refractivity contribution >= 4 is 5.91 Å². The van der Waals surface area contributed by atoms with E-state index in [1.54, 1.807) is 0 Å². The van der Waals surface area contributed by atoms with E-state index in [-0.39, 0.29) is 6.04 Å². The van der Waals surface area contributed by atoms with E-state index in [1.807, 2.05) is 46.1 Å². The van der Waals surface area contributed by atoms with E-state index < -0.39 is 0 Å². The minimum absolute atomic E-state index is 0.258. The lowest BCUT2D eigenvalue weighted by Crippen LogP contribution is -2.29. The minimum atomic E-state index is 0.258. The summed E-state index contributed by atoms with van der Waals surface area (Å²) in [5, 5.41) is 8.54. The van der Waals surface area contributed by atoms with Gasteiger partial charge >= 0.3 is 0 Å². The average molecular weight is 296 g/mol. The van der Waals surface area contributed by atoms with Gasteiger partial charge in [0.15, 0.2) is 0 Å². The summed E-state index contributed by atoms with van der Waals surface area (Å²) < 4.78 is 1.92. The van der Waals surface area contributed by atoms with E-state index >= 15 is 0 Å². The van der Waals surface area contributed by atoms with Gasteiger partial charge in [-0.1, -0.05) is 35.5 Å². The van der Waals surface area contributed by atoms with Gasteiger partial charge in [-0.2, -0.15) is 0 Å². The van der Waals surface area contributed by atoms with Crippen LogP contribution in [0.15, 0.2) is 36.5 Å². The maximum Gasteiger partial charge on any atom is 0.222 e. The monoisotopic (exact) mass is 296 g/mol. The highest BCUT2D eigenvalue weighted by Crippen LogP contribution is 2.34. The topological polar surface area (TPSA) is 51.0 Å². The molecule has 1 aromatic heterocycles. The molecular formula is C17H20N4O. The van der Waals surface area contributed by atoms with Crippen LogP contribution < -0.4 is 0 Å². The Balaban J connectivity index is 1.43. The Kier molecular flexibility index (Phi) is 3.41. The molecule has 1 unspecified atom stereocenters. The van der Waals surface area contributed by atoms with Gasteiger partial charge in [-0.05, 0) is 25.2 Å². The molecule has 0 spiro atoms. The van der Waals surface area contributed by atoms with E-state index in [0.29, 0.717) is 11.8 Å². The molecule has 1 saturated heterocycles. The molecule has 0 radical (unpaired) electrons. The zero-order valence-electron chi connectivity index (χ0n) is 12.6. The first-order chi connectivity index (χ1) is 10.8. The number of hydrogen-bond acceptors (Lipinski definition) is 3. The number of nitrogens with zero attached hydrogens (tertiary/aromatic N) is 4. The first-order valence-electron chi connectivity index (χ1n) is 8.04. The Morgan fingerprint density at radius 3 is 2.77 bits per heavy atom. The molecule has 114 valence electrons. The van der Waals surface area contributed by atoms with Gasteiger partial charge in [-0.3, -0.25) is 4.79 Å². The third-order valence-corrected chi connectivity index (χ3v) is 4.63. The molecule has 0 N–H and O–H groups in total. The fourth-order valence-corrected chi connectivity index (χ4v) is 3.08. The highest BCUT2D eigenvalue weighted by Gasteiger charge is 2.32. The smallest absolute Gasteiger partial charge is 0.222 e. The van der Waals surface area contributed by atoms with E-state index in [4.69, 9.17) is 0 Å². The summed E-state index contributed by atoms with van der Waals surface area (Å²) >= 11 is 0. The van der Waals surface area contributed by atoms with Gasteiger partial charge in [0.25, 0.3) is 0 Å². The molecule has 5 heteroatoms. The maximum atomic E-state index is 12.2. The van der Waals surface area contributed by atoms with Gasteiger partial charge < -0.3 is 4.90 Å². The molecule has 1 saturated carbocycles. The van der Waals surface area contributed by atoms with Crippen molar-refractivity contribution in [3.05, 3.63) is 36.5 Å². The number of likely N-dealkylation sites (tertiary alicyclic amines) is 1. The number of carbonyl (C=O) groups excluding carboxylic acids is 1. The minimum Gasteiger partial charge on any atom is -0.340 e. The highest BCUT2D eigenvalue weighted by molar-refractivity contribution is 5.77. The van der Waals surface area contributed by atoms with Crippen LogP contribution in [-0.4, -0.2) is 38.9 Å². The van der Waals surface area contributed by atoms with Crippen molar-refractivity contribution in [3.63, 3.8) is 0 Å². The van der Waals surface area contributed by atoms with Gasteiger partial charge in [0.05, 0.1) is 12.2 Å². The van der Waals surface area contributed by atoms with Crippen LogP contribution in [-0.2, 0) is 4.79 Å². The van der Waals surface area contributed by atoms with Gasteiger partial charge in [-0.25, -0.2) is 4.68 Å². The SMILES string of the molecule is O=C(CC1CC1)N1CCC(n2cc(-c3ccccc3)nn2)C1. The molecule has 2 aliphatic rings. The molecule has 1 amide bonds. The van der Waals surface area contributed by atoms with Crippen molar-refractivity contribution in [1.29, 1.82) is 0 Å². The zero-order valence-corrected chi connectivity index (χ0v) is 12.6. The molecule has 0 bridgehead atoms.